The number of hydrogen-bond donors (Lipinski definition) is 1. The van der Waals surface area contributed by atoms with Gasteiger partial charge in [0.15, 0.2) is 0 Å². The number of aryl methyl sites for hydroxylation is 2. The predicted molar refractivity (Wildman–Crippen MR) is 90.3 cm³/mol. The van der Waals surface area contributed by atoms with E-state index in [-0.39, 0.29) is 6.10 Å². The van der Waals surface area contributed by atoms with Crippen LogP contribution in [0.2, 0.25) is 0 Å². The van der Waals surface area contributed by atoms with Gasteiger partial charge in [-0.3, -0.25) is 0 Å². The molecular weight excluding hydrogens is 258 g/mol. The van der Waals surface area contributed by atoms with Gasteiger partial charge in [-0.05, 0) is 62.1 Å². The van der Waals surface area contributed by atoms with E-state index < -0.39 is 0 Å². The monoisotopic (exact) mass is 283 g/mol. The smallest absolute Gasteiger partial charge is 0.120 e. The normalized spacial score (nSPS) is 12.0. The van der Waals surface area contributed by atoms with Crippen LogP contribution in [0.25, 0.3) is 0 Å². The van der Waals surface area contributed by atoms with E-state index in [4.69, 9.17) is 4.74 Å². The van der Waals surface area contributed by atoms with Crippen molar-refractivity contribution in [3.8, 4) is 5.75 Å². The predicted octanol–water partition coefficient (Wildman–Crippen LogP) is 4.88. The Hall–Kier alpha value is -1.96. The van der Waals surface area contributed by atoms with Crippen molar-refractivity contribution in [3.05, 3.63) is 59.2 Å². The first-order chi connectivity index (χ1) is 10.1. The summed E-state index contributed by atoms with van der Waals surface area (Å²) in [5.74, 6) is 0.949. The number of rotatable bonds is 6. The summed E-state index contributed by atoms with van der Waals surface area (Å²) in [5, 5.41) is 3.51. The van der Waals surface area contributed by atoms with Crippen LogP contribution < -0.4 is 10.1 Å². The molecule has 0 saturated carbocycles. The standard InChI is InChI=1S/C19H25NO/c1-5-17(21-18-10-6-8-14(2)12-18)13-20-19-11-7-9-15(3)16(19)4/h6-12,17,20H,5,13H2,1-4H3. The molecule has 2 rings (SSSR count). The Balaban J connectivity index is 1.98. The number of hydrogen-bond acceptors (Lipinski definition) is 2. The van der Waals surface area contributed by atoms with E-state index in [1.165, 1.54) is 22.4 Å². The molecule has 2 aromatic carbocycles. The maximum absolute atomic E-state index is 6.07. The fraction of sp³-hybridized carbons (Fsp3) is 0.368. The van der Waals surface area contributed by atoms with Crippen molar-refractivity contribution in [3.63, 3.8) is 0 Å². The highest BCUT2D eigenvalue weighted by molar-refractivity contribution is 5.53. The molecule has 21 heavy (non-hydrogen) atoms. The van der Waals surface area contributed by atoms with Crippen LogP contribution in [0.1, 0.15) is 30.0 Å². The molecule has 0 heterocycles. The van der Waals surface area contributed by atoms with Gasteiger partial charge in [-0.2, -0.15) is 0 Å². The minimum atomic E-state index is 0.173. The highest BCUT2D eigenvalue weighted by Crippen LogP contribution is 2.19. The molecule has 2 aromatic rings. The third-order valence-corrected chi connectivity index (χ3v) is 3.87. The second-order valence-corrected chi connectivity index (χ2v) is 5.59. The molecule has 112 valence electrons. The summed E-state index contributed by atoms with van der Waals surface area (Å²) < 4.78 is 6.07. The lowest BCUT2D eigenvalue weighted by molar-refractivity contribution is 0.210. The molecule has 2 heteroatoms. The molecule has 0 spiro atoms. The van der Waals surface area contributed by atoms with Gasteiger partial charge in [-0.1, -0.05) is 31.2 Å². The van der Waals surface area contributed by atoms with E-state index in [0.717, 1.165) is 18.7 Å². The van der Waals surface area contributed by atoms with Crippen molar-refractivity contribution in [2.75, 3.05) is 11.9 Å². The fourth-order valence-electron chi connectivity index (χ4n) is 2.32. The van der Waals surface area contributed by atoms with Crippen LogP contribution in [0.4, 0.5) is 5.69 Å². The van der Waals surface area contributed by atoms with Crippen molar-refractivity contribution in [2.24, 2.45) is 0 Å². The number of nitrogens with one attached hydrogen (secondary N) is 1. The first-order valence-corrected chi connectivity index (χ1v) is 7.63. The Morgan fingerprint density at radius 1 is 1.05 bits per heavy atom. The Bertz CT molecular complexity index is 592. The molecule has 1 atom stereocenters. The molecule has 0 saturated heterocycles. The lowest BCUT2D eigenvalue weighted by Crippen LogP contribution is -2.25. The lowest BCUT2D eigenvalue weighted by atomic mass is 10.1. The topological polar surface area (TPSA) is 21.3 Å². The zero-order chi connectivity index (χ0) is 15.2. The van der Waals surface area contributed by atoms with E-state index >= 15 is 0 Å². The molecule has 0 aliphatic heterocycles. The minimum Gasteiger partial charge on any atom is -0.489 e. The number of anilines is 1. The second-order valence-electron chi connectivity index (χ2n) is 5.59. The van der Waals surface area contributed by atoms with Gasteiger partial charge in [0.1, 0.15) is 11.9 Å². The zero-order valence-electron chi connectivity index (χ0n) is 13.4. The quantitative estimate of drug-likeness (QED) is 0.815. The average molecular weight is 283 g/mol. The van der Waals surface area contributed by atoms with Gasteiger partial charge in [0.05, 0.1) is 6.54 Å². The van der Waals surface area contributed by atoms with Gasteiger partial charge in [0.25, 0.3) is 0 Å². The summed E-state index contributed by atoms with van der Waals surface area (Å²) in [7, 11) is 0. The molecule has 1 N–H and O–H groups in total. The molecule has 0 fully saturated rings. The average Bonchev–Trinajstić information content (AvgIpc) is 2.47. The minimum absolute atomic E-state index is 0.173. The van der Waals surface area contributed by atoms with Crippen LogP contribution in [-0.4, -0.2) is 12.6 Å². The Kier molecular flexibility index (Phi) is 5.26. The summed E-state index contributed by atoms with van der Waals surface area (Å²) in [6.45, 7) is 9.35. The first-order valence-electron chi connectivity index (χ1n) is 7.63. The SMILES string of the molecule is CCC(CNc1cccc(C)c1C)Oc1cccc(C)c1. The third-order valence-electron chi connectivity index (χ3n) is 3.87. The van der Waals surface area contributed by atoms with Gasteiger partial charge in [0.2, 0.25) is 0 Å². The molecule has 0 aromatic heterocycles. The van der Waals surface area contributed by atoms with Crippen LogP contribution in [0.15, 0.2) is 42.5 Å². The van der Waals surface area contributed by atoms with Gasteiger partial charge in [0, 0.05) is 5.69 Å². The number of benzene rings is 2. The molecule has 0 bridgehead atoms. The first kappa shape index (κ1) is 15.4. The largest absolute Gasteiger partial charge is 0.489 e. The maximum atomic E-state index is 6.07. The Morgan fingerprint density at radius 3 is 2.52 bits per heavy atom. The molecular formula is C19H25NO. The van der Waals surface area contributed by atoms with Crippen LogP contribution >= 0.6 is 0 Å². The van der Waals surface area contributed by atoms with E-state index in [9.17, 15) is 0 Å². The summed E-state index contributed by atoms with van der Waals surface area (Å²) >= 11 is 0. The molecule has 0 radical (unpaired) electrons. The molecule has 1 unspecified atom stereocenters. The van der Waals surface area contributed by atoms with E-state index in [1.807, 2.05) is 12.1 Å². The summed E-state index contributed by atoms with van der Waals surface area (Å²) in [6.07, 6.45) is 1.15. The van der Waals surface area contributed by atoms with Crippen LogP contribution in [0, 0.1) is 20.8 Å². The lowest BCUT2D eigenvalue weighted by Gasteiger charge is -2.20. The highest BCUT2D eigenvalue weighted by Gasteiger charge is 2.09. The van der Waals surface area contributed by atoms with Crippen LogP contribution in [0.5, 0.6) is 5.75 Å². The van der Waals surface area contributed by atoms with Gasteiger partial charge >= 0.3 is 0 Å². The van der Waals surface area contributed by atoms with Gasteiger partial charge in [-0.25, -0.2) is 0 Å². The molecule has 2 nitrogen and oxygen atoms in total. The van der Waals surface area contributed by atoms with Crippen LogP contribution in [-0.2, 0) is 0 Å². The van der Waals surface area contributed by atoms with Crippen molar-refractivity contribution >= 4 is 5.69 Å². The second kappa shape index (κ2) is 7.16. The van der Waals surface area contributed by atoms with Crippen LogP contribution in [0.3, 0.4) is 0 Å². The van der Waals surface area contributed by atoms with Gasteiger partial charge in [-0.15, -0.1) is 0 Å². The maximum Gasteiger partial charge on any atom is 0.120 e. The van der Waals surface area contributed by atoms with E-state index in [1.54, 1.807) is 0 Å². The summed E-state index contributed by atoms with van der Waals surface area (Å²) in [6, 6.07) is 14.6. The summed E-state index contributed by atoms with van der Waals surface area (Å²) in [5.41, 5.74) is 5.04. The molecule has 0 amide bonds. The van der Waals surface area contributed by atoms with Crippen molar-refractivity contribution in [1.29, 1.82) is 0 Å². The van der Waals surface area contributed by atoms with E-state index in [2.05, 4.69) is 63.3 Å². The Labute approximate surface area is 128 Å². The Morgan fingerprint density at radius 2 is 1.81 bits per heavy atom. The number of ether oxygens (including phenoxy) is 1. The molecule has 0 aliphatic rings. The van der Waals surface area contributed by atoms with Crippen molar-refractivity contribution < 1.29 is 4.74 Å². The van der Waals surface area contributed by atoms with Crippen molar-refractivity contribution in [2.45, 2.75) is 40.2 Å². The van der Waals surface area contributed by atoms with Crippen molar-refractivity contribution in [1.82, 2.24) is 0 Å². The highest BCUT2D eigenvalue weighted by atomic mass is 16.5. The fourth-order valence-corrected chi connectivity index (χ4v) is 2.32. The molecule has 0 aliphatic carbocycles. The third kappa shape index (κ3) is 4.25. The van der Waals surface area contributed by atoms with Gasteiger partial charge < -0.3 is 10.1 Å². The zero-order valence-corrected chi connectivity index (χ0v) is 13.4. The summed E-state index contributed by atoms with van der Waals surface area (Å²) in [4.78, 5) is 0. The van der Waals surface area contributed by atoms with E-state index in [0.29, 0.717) is 0 Å².